The molecule has 0 radical (unpaired) electrons. The van der Waals surface area contributed by atoms with Crippen molar-refractivity contribution in [1.82, 2.24) is 19.7 Å². The Balaban J connectivity index is 1.65. The summed E-state index contributed by atoms with van der Waals surface area (Å²) in [5, 5.41) is 9.99. The van der Waals surface area contributed by atoms with Gasteiger partial charge < -0.3 is 10.1 Å². The highest BCUT2D eigenvalue weighted by Gasteiger charge is 2.35. The molecule has 2 aromatic heterocycles. The van der Waals surface area contributed by atoms with Crippen LogP contribution in [0.2, 0.25) is 0 Å². The van der Waals surface area contributed by atoms with Crippen LogP contribution in [0.15, 0.2) is 59.5 Å². The van der Waals surface area contributed by atoms with Gasteiger partial charge in [-0.2, -0.15) is 10.1 Å². The van der Waals surface area contributed by atoms with Gasteiger partial charge in [0.05, 0.1) is 5.57 Å². The highest BCUT2D eigenvalue weighted by atomic mass is 32.1. The number of nitrogens with one attached hydrogen (secondary N) is 1. The standard InChI is InChI=1S/C17H15N5O2S/c1-11-13(16(23)24-9-12-5-3-2-4-6-12)14(15-18-7-8-25-15)22-17(21-11)19-10-20-22/h2-8,10,14H,9H2,1H3,(H,19,20,21). The van der Waals surface area contributed by atoms with Crippen LogP contribution in [0.3, 0.4) is 0 Å². The highest BCUT2D eigenvalue weighted by molar-refractivity contribution is 7.09. The minimum absolute atomic E-state index is 0.214. The summed E-state index contributed by atoms with van der Waals surface area (Å²) in [6, 6.07) is 9.14. The third-order valence-electron chi connectivity index (χ3n) is 3.91. The molecule has 4 rings (SSSR count). The van der Waals surface area contributed by atoms with Crippen molar-refractivity contribution >= 4 is 23.3 Å². The summed E-state index contributed by atoms with van der Waals surface area (Å²) in [7, 11) is 0. The van der Waals surface area contributed by atoms with Gasteiger partial charge in [-0.3, -0.25) is 0 Å². The Bertz CT molecular complexity index is 918. The molecule has 0 aliphatic carbocycles. The molecule has 3 aromatic rings. The second kappa shape index (κ2) is 6.48. The normalized spacial score (nSPS) is 16.3. The fourth-order valence-electron chi connectivity index (χ4n) is 2.75. The lowest BCUT2D eigenvalue weighted by Gasteiger charge is -2.26. The number of fused-ring (bicyclic) bond motifs is 1. The minimum Gasteiger partial charge on any atom is -0.457 e. The first-order chi connectivity index (χ1) is 12.2. The number of aromatic nitrogens is 4. The van der Waals surface area contributed by atoms with E-state index in [1.54, 1.807) is 10.9 Å². The molecule has 0 amide bonds. The summed E-state index contributed by atoms with van der Waals surface area (Å²) in [5.74, 6) is 0.188. The van der Waals surface area contributed by atoms with Crippen molar-refractivity contribution in [3.8, 4) is 0 Å². The highest BCUT2D eigenvalue weighted by Crippen LogP contribution is 2.35. The first kappa shape index (κ1) is 15.5. The van der Waals surface area contributed by atoms with Gasteiger partial charge in [0.15, 0.2) is 0 Å². The number of rotatable bonds is 4. The van der Waals surface area contributed by atoms with Crippen molar-refractivity contribution in [2.45, 2.75) is 19.6 Å². The SMILES string of the molecule is CC1=C(C(=O)OCc2ccccc2)C(c2nccs2)n2ncnc2N1. The molecule has 3 heterocycles. The van der Waals surface area contributed by atoms with Gasteiger partial charge in [0, 0.05) is 17.3 Å². The molecule has 1 aliphatic rings. The number of thiazole rings is 1. The zero-order valence-electron chi connectivity index (χ0n) is 13.4. The van der Waals surface area contributed by atoms with Crippen molar-refractivity contribution in [3.05, 3.63) is 70.1 Å². The Morgan fingerprint density at radius 1 is 1.32 bits per heavy atom. The Labute approximate surface area is 148 Å². The molecule has 126 valence electrons. The number of esters is 1. The zero-order valence-corrected chi connectivity index (χ0v) is 14.2. The molecule has 1 unspecified atom stereocenters. The average Bonchev–Trinajstić information content (AvgIpc) is 3.31. The fourth-order valence-corrected chi connectivity index (χ4v) is 3.48. The van der Waals surface area contributed by atoms with Crippen molar-refractivity contribution in [2.75, 3.05) is 5.32 Å². The first-order valence-corrected chi connectivity index (χ1v) is 8.59. The van der Waals surface area contributed by atoms with Crippen molar-refractivity contribution in [1.29, 1.82) is 0 Å². The topological polar surface area (TPSA) is 81.9 Å². The van der Waals surface area contributed by atoms with E-state index >= 15 is 0 Å². The number of carbonyl (C=O) groups is 1. The number of carbonyl (C=O) groups excluding carboxylic acids is 1. The quantitative estimate of drug-likeness (QED) is 0.726. The van der Waals surface area contributed by atoms with Gasteiger partial charge in [-0.15, -0.1) is 11.3 Å². The number of benzene rings is 1. The van der Waals surface area contributed by atoms with Gasteiger partial charge in [0.25, 0.3) is 0 Å². The molecular formula is C17H15N5O2S. The summed E-state index contributed by atoms with van der Waals surface area (Å²) in [6.07, 6.45) is 3.16. The lowest BCUT2D eigenvalue weighted by atomic mass is 10.0. The molecule has 0 saturated carbocycles. The molecule has 1 aliphatic heterocycles. The summed E-state index contributed by atoms with van der Waals surface area (Å²) >= 11 is 1.46. The molecular weight excluding hydrogens is 338 g/mol. The smallest absolute Gasteiger partial charge is 0.338 e. The van der Waals surface area contributed by atoms with Gasteiger partial charge in [0.2, 0.25) is 5.95 Å². The molecule has 25 heavy (non-hydrogen) atoms. The molecule has 1 N–H and O–H groups in total. The van der Waals surface area contributed by atoms with Crippen LogP contribution >= 0.6 is 11.3 Å². The van der Waals surface area contributed by atoms with Gasteiger partial charge in [-0.05, 0) is 12.5 Å². The lowest BCUT2D eigenvalue weighted by molar-refractivity contribution is -0.140. The summed E-state index contributed by atoms with van der Waals surface area (Å²) < 4.78 is 7.19. The van der Waals surface area contributed by atoms with Crippen molar-refractivity contribution in [2.24, 2.45) is 0 Å². The van der Waals surface area contributed by atoms with Crippen LogP contribution in [0, 0.1) is 0 Å². The van der Waals surface area contributed by atoms with Crippen LogP contribution in [-0.2, 0) is 16.1 Å². The Kier molecular flexibility index (Phi) is 4.02. The molecule has 0 saturated heterocycles. The Morgan fingerprint density at radius 2 is 2.16 bits per heavy atom. The van der Waals surface area contributed by atoms with Gasteiger partial charge in [-0.1, -0.05) is 30.3 Å². The van der Waals surface area contributed by atoms with E-state index in [0.717, 1.165) is 10.6 Å². The van der Waals surface area contributed by atoms with E-state index in [1.165, 1.54) is 17.7 Å². The third-order valence-corrected chi connectivity index (χ3v) is 4.74. The van der Waals surface area contributed by atoms with E-state index in [9.17, 15) is 4.79 Å². The first-order valence-electron chi connectivity index (χ1n) is 7.72. The molecule has 1 aromatic carbocycles. The van der Waals surface area contributed by atoms with Crippen LogP contribution in [0.4, 0.5) is 5.95 Å². The summed E-state index contributed by atoms with van der Waals surface area (Å²) in [5.41, 5.74) is 2.12. The van der Waals surface area contributed by atoms with E-state index in [-0.39, 0.29) is 6.61 Å². The van der Waals surface area contributed by atoms with E-state index in [1.807, 2.05) is 42.6 Å². The second-order valence-corrected chi connectivity index (χ2v) is 6.45. The van der Waals surface area contributed by atoms with E-state index in [0.29, 0.717) is 17.2 Å². The molecule has 1 atom stereocenters. The summed E-state index contributed by atoms with van der Waals surface area (Å²) in [6.45, 7) is 2.04. The van der Waals surface area contributed by atoms with Gasteiger partial charge in [-0.25, -0.2) is 14.5 Å². The minimum atomic E-state index is -0.443. The van der Waals surface area contributed by atoms with E-state index in [4.69, 9.17) is 4.74 Å². The van der Waals surface area contributed by atoms with Crippen LogP contribution in [-0.4, -0.2) is 25.7 Å². The monoisotopic (exact) mass is 353 g/mol. The molecule has 0 spiro atoms. The van der Waals surface area contributed by atoms with E-state index in [2.05, 4.69) is 20.4 Å². The second-order valence-electron chi connectivity index (χ2n) is 5.53. The molecule has 7 nitrogen and oxygen atoms in total. The predicted molar refractivity (Wildman–Crippen MR) is 92.8 cm³/mol. The summed E-state index contributed by atoms with van der Waals surface area (Å²) in [4.78, 5) is 21.4. The van der Waals surface area contributed by atoms with Crippen LogP contribution < -0.4 is 5.32 Å². The molecule has 0 bridgehead atoms. The molecule has 8 heteroatoms. The Hall–Kier alpha value is -3.00. The number of anilines is 1. The average molecular weight is 353 g/mol. The maximum Gasteiger partial charge on any atom is 0.338 e. The van der Waals surface area contributed by atoms with Crippen LogP contribution in [0.5, 0.6) is 0 Å². The Morgan fingerprint density at radius 3 is 2.92 bits per heavy atom. The predicted octanol–water partition coefficient (Wildman–Crippen LogP) is 2.77. The maximum atomic E-state index is 12.8. The number of ether oxygens (including phenoxy) is 1. The number of hydrogen-bond donors (Lipinski definition) is 1. The van der Waals surface area contributed by atoms with Gasteiger partial charge in [0.1, 0.15) is 24.0 Å². The fraction of sp³-hybridized carbons (Fsp3) is 0.176. The largest absolute Gasteiger partial charge is 0.457 e. The number of nitrogens with zero attached hydrogens (tertiary/aromatic N) is 4. The van der Waals surface area contributed by atoms with Crippen molar-refractivity contribution in [3.63, 3.8) is 0 Å². The van der Waals surface area contributed by atoms with Crippen LogP contribution in [0.25, 0.3) is 0 Å². The number of allylic oxidation sites excluding steroid dienone is 1. The van der Waals surface area contributed by atoms with Gasteiger partial charge >= 0.3 is 5.97 Å². The number of hydrogen-bond acceptors (Lipinski definition) is 7. The van der Waals surface area contributed by atoms with Crippen LogP contribution in [0.1, 0.15) is 23.5 Å². The van der Waals surface area contributed by atoms with Crippen molar-refractivity contribution < 1.29 is 9.53 Å². The molecule has 0 fully saturated rings. The third kappa shape index (κ3) is 2.91. The maximum absolute atomic E-state index is 12.8. The lowest BCUT2D eigenvalue weighted by Crippen LogP contribution is -2.29. The zero-order chi connectivity index (χ0) is 17.2. The van der Waals surface area contributed by atoms with E-state index < -0.39 is 12.0 Å².